The van der Waals surface area contributed by atoms with Gasteiger partial charge in [-0.1, -0.05) is 11.6 Å². The number of piperidine rings is 1. The topological polar surface area (TPSA) is 118 Å². The third-order valence-electron chi connectivity index (χ3n) is 7.33. The summed E-state index contributed by atoms with van der Waals surface area (Å²) in [6, 6.07) is 1.56. The SMILES string of the molecule is N#C[C@H](C[C@@H]1CCCNC1=O)NC(=O)[C@H]1[C@@H]2CC(F)(F)C[C@@H]2CN1C(=O)c1cc2scc(Cl)c2[nH]1. The van der Waals surface area contributed by atoms with Crippen molar-refractivity contribution >= 4 is 50.9 Å². The minimum Gasteiger partial charge on any atom is -0.356 e. The minimum atomic E-state index is -2.90. The molecule has 1 aliphatic carbocycles. The molecular weight excluding hydrogens is 500 g/mol. The molecule has 5 rings (SSSR count). The number of nitrogens with one attached hydrogen (secondary N) is 3. The fourth-order valence-corrected chi connectivity index (χ4v) is 6.89. The van der Waals surface area contributed by atoms with E-state index in [0.717, 1.165) is 11.1 Å². The maximum Gasteiger partial charge on any atom is 0.271 e. The highest BCUT2D eigenvalue weighted by atomic mass is 35.5. The molecule has 186 valence electrons. The Morgan fingerprint density at radius 1 is 1.40 bits per heavy atom. The van der Waals surface area contributed by atoms with Crippen LogP contribution in [0.15, 0.2) is 11.4 Å². The number of nitrogens with zero attached hydrogens (tertiary/aromatic N) is 2. The van der Waals surface area contributed by atoms with Crippen molar-refractivity contribution in [3.63, 3.8) is 0 Å². The number of likely N-dealkylation sites (tertiary alicyclic amines) is 1. The molecule has 3 aliphatic rings. The third kappa shape index (κ3) is 4.49. The zero-order chi connectivity index (χ0) is 24.9. The van der Waals surface area contributed by atoms with E-state index in [1.54, 1.807) is 11.4 Å². The van der Waals surface area contributed by atoms with E-state index in [0.29, 0.717) is 23.5 Å². The van der Waals surface area contributed by atoms with Crippen molar-refractivity contribution in [1.29, 1.82) is 5.26 Å². The molecule has 0 bridgehead atoms. The second kappa shape index (κ2) is 9.06. The van der Waals surface area contributed by atoms with Gasteiger partial charge in [-0.05, 0) is 37.2 Å². The molecule has 0 radical (unpaired) electrons. The molecule has 12 heteroatoms. The summed E-state index contributed by atoms with van der Waals surface area (Å²) in [5.41, 5.74) is 0.844. The van der Waals surface area contributed by atoms with Gasteiger partial charge in [-0.15, -0.1) is 11.3 Å². The summed E-state index contributed by atoms with van der Waals surface area (Å²) in [6.07, 6.45) is 0.639. The minimum absolute atomic E-state index is 0.0276. The first-order chi connectivity index (χ1) is 16.7. The fraction of sp³-hybridized carbons (Fsp3) is 0.565. The number of halogens is 3. The molecule has 35 heavy (non-hydrogen) atoms. The van der Waals surface area contributed by atoms with E-state index < -0.39 is 54.0 Å². The molecule has 2 aromatic heterocycles. The summed E-state index contributed by atoms with van der Waals surface area (Å²) in [6.45, 7) is 0.608. The Balaban J connectivity index is 1.37. The van der Waals surface area contributed by atoms with Crippen molar-refractivity contribution in [2.45, 2.75) is 50.1 Å². The summed E-state index contributed by atoms with van der Waals surface area (Å²) in [4.78, 5) is 43.2. The quantitative estimate of drug-likeness (QED) is 0.557. The molecule has 0 unspecified atom stereocenters. The number of nitriles is 1. The van der Waals surface area contributed by atoms with Crippen LogP contribution in [0.2, 0.25) is 5.02 Å². The van der Waals surface area contributed by atoms with Gasteiger partial charge in [0, 0.05) is 37.2 Å². The normalized spacial score (nSPS) is 28.4. The molecule has 0 aromatic carbocycles. The number of aromatic amines is 1. The molecule has 2 aliphatic heterocycles. The van der Waals surface area contributed by atoms with Crippen LogP contribution in [-0.4, -0.2) is 58.7 Å². The van der Waals surface area contributed by atoms with Crippen molar-refractivity contribution < 1.29 is 23.2 Å². The number of alkyl halides is 2. The van der Waals surface area contributed by atoms with Gasteiger partial charge in [-0.2, -0.15) is 5.26 Å². The molecular formula is C23H24ClF2N5O3S. The van der Waals surface area contributed by atoms with Crippen LogP contribution >= 0.6 is 22.9 Å². The van der Waals surface area contributed by atoms with Crippen molar-refractivity contribution in [2.75, 3.05) is 13.1 Å². The predicted molar refractivity (Wildman–Crippen MR) is 125 cm³/mol. The van der Waals surface area contributed by atoms with Crippen molar-refractivity contribution in [3.8, 4) is 6.07 Å². The van der Waals surface area contributed by atoms with Gasteiger partial charge in [-0.3, -0.25) is 14.4 Å². The van der Waals surface area contributed by atoms with Gasteiger partial charge in [0.15, 0.2) is 0 Å². The molecule has 4 heterocycles. The summed E-state index contributed by atoms with van der Waals surface area (Å²) in [7, 11) is 0. The molecule has 8 nitrogen and oxygen atoms in total. The molecule has 2 saturated heterocycles. The summed E-state index contributed by atoms with van der Waals surface area (Å²) < 4.78 is 29.2. The van der Waals surface area contributed by atoms with E-state index in [-0.39, 0.29) is 31.0 Å². The highest BCUT2D eigenvalue weighted by molar-refractivity contribution is 7.17. The van der Waals surface area contributed by atoms with Gasteiger partial charge in [0.2, 0.25) is 17.7 Å². The van der Waals surface area contributed by atoms with E-state index >= 15 is 0 Å². The van der Waals surface area contributed by atoms with E-state index in [1.165, 1.54) is 16.2 Å². The van der Waals surface area contributed by atoms with Crippen LogP contribution in [0.3, 0.4) is 0 Å². The van der Waals surface area contributed by atoms with E-state index in [1.807, 2.05) is 6.07 Å². The zero-order valence-electron chi connectivity index (χ0n) is 18.7. The second-order valence-electron chi connectivity index (χ2n) is 9.65. The molecule has 3 fully saturated rings. The van der Waals surface area contributed by atoms with Gasteiger partial charge in [0.05, 0.1) is 21.3 Å². The number of hydrogen-bond donors (Lipinski definition) is 3. The van der Waals surface area contributed by atoms with E-state index in [2.05, 4.69) is 15.6 Å². The first-order valence-electron chi connectivity index (χ1n) is 11.6. The first kappa shape index (κ1) is 24.0. The van der Waals surface area contributed by atoms with Gasteiger partial charge in [0.25, 0.3) is 5.91 Å². The Kier molecular flexibility index (Phi) is 6.21. The number of aromatic nitrogens is 1. The van der Waals surface area contributed by atoms with Gasteiger partial charge >= 0.3 is 0 Å². The highest BCUT2D eigenvalue weighted by Crippen LogP contribution is 2.50. The van der Waals surface area contributed by atoms with Crippen LogP contribution < -0.4 is 10.6 Å². The summed E-state index contributed by atoms with van der Waals surface area (Å²) >= 11 is 7.52. The second-order valence-corrected chi connectivity index (χ2v) is 11.0. The maximum absolute atomic E-state index is 14.2. The van der Waals surface area contributed by atoms with E-state index in [9.17, 15) is 28.4 Å². The monoisotopic (exact) mass is 523 g/mol. The number of carbonyl (C=O) groups is 3. The Morgan fingerprint density at radius 3 is 2.91 bits per heavy atom. The van der Waals surface area contributed by atoms with Crippen LogP contribution in [0.1, 0.15) is 42.6 Å². The lowest BCUT2D eigenvalue weighted by atomic mass is 9.90. The Morgan fingerprint density at radius 2 is 2.20 bits per heavy atom. The van der Waals surface area contributed by atoms with Gasteiger partial charge < -0.3 is 20.5 Å². The van der Waals surface area contributed by atoms with Crippen LogP contribution in [0.4, 0.5) is 8.78 Å². The molecule has 3 N–H and O–H groups in total. The number of fused-ring (bicyclic) bond motifs is 2. The number of rotatable bonds is 5. The lowest BCUT2D eigenvalue weighted by Gasteiger charge is -2.29. The molecule has 3 amide bonds. The molecule has 0 spiro atoms. The number of H-pyrrole nitrogens is 1. The maximum atomic E-state index is 14.2. The molecule has 1 saturated carbocycles. The van der Waals surface area contributed by atoms with Crippen LogP contribution in [0.5, 0.6) is 0 Å². The van der Waals surface area contributed by atoms with E-state index in [4.69, 9.17) is 11.6 Å². The number of thiophene rings is 1. The van der Waals surface area contributed by atoms with Crippen molar-refractivity contribution in [2.24, 2.45) is 17.8 Å². The van der Waals surface area contributed by atoms with Crippen molar-refractivity contribution in [3.05, 3.63) is 22.2 Å². The standard InChI is InChI=1S/C23H24ClF2N5O3S/c24-15-10-35-17-5-16(30-18(15)17)22(34)31-9-12-6-23(25,26)7-14(12)19(31)21(33)29-13(8-27)4-11-2-1-3-28-20(11)32/h5,10-14,19,30H,1-4,6-7,9H2,(H,28,32)(H,29,33)/t11-,12+,13-,14+,19+/m0/s1. The fourth-order valence-electron chi connectivity index (χ4n) is 5.74. The Labute approximate surface area is 209 Å². The predicted octanol–water partition coefficient (Wildman–Crippen LogP) is 3.29. The van der Waals surface area contributed by atoms with Gasteiger partial charge in [0.1, 0.15) is 17.8 Å². The van der Waals surface area contributed by atoms with Crippen LogP contribution in [0.25, 0.3) is 10.2 Å². The number of amides is 3. The number of hydrogen-bond acceptors (Lipinski definition) is 5. The molecule has 2 aromatic rings. The zero-order valence-corrected chi connectivity index (χ0v) is 20.2. The smallest absolute Gasteiger partial charge is 0.271 e. The Hall–Kier alpha value is -2.71. The third-order valence-corrected chi connectivity index (χ3v) is 8.69. The summed E-state index contributed by atoms with van der Waals surface area (Å²) in [5.74, 6) is -5.82. The largest absolute Gasteiger partial charge is 0.356 e. The lowest BCUT2D eigenvalue weighted by Crippen LogP contribution is -2.52. The van der Waals surface area contributed by atoms with Gasteiger partial charge in [-0.25, -0.2) is 8.78 Å². The average Bonchev–Trinajstić information content (AvgIpc) is 3.54. The summed E-state index contributed by atoms with van der Waals surface area (Å²) in [5, 5.41) is 17.2. The van der Waals surface area contributed by atoms with Crippen LogP contribution in [0, 0.1) is 29.1 Å². The Bertz CT molecular complexity index is 1220. The molecule has 5 atom stereocenters. The van der Waals surface area contributed by atoms with Crippen LogP contribution in [-0.2, 0) is 9.59 Å². The number of carbonyl (C=O) groups excluding carboxylic acids is 3. The van der Waals surface area contributed by atoms with Crippen molar-refractivity contribution in [1.82, 2.24) is 20.5 Å². The average molecular weight is 524 g/mol. The first-order valence-corrected chi connectivity index (χ1v) is 12.8. The highest BCUT2D eigenvalue weighted by Gasteiger charge is 2.58. The lowest BCUT2D eigenvalue weighted by molar-refractivity contribution is -0.129.